The van der Waals surface area contributed by atoms with E-state index in [-0.39, 0.29) is 29.6 Å². The molecule has 0 bridgehead atoms. The van der Waals surface area contributed by atoms with E-state index in [9.17, 15) is 0 Å². The summed E-state index contributed by atoms with van der Waals surface area (Å²) in [5.74, 6) is 0. The quantitative estimate of drug-likeness (QED) is 0.516. The van der Waals surface area contributed by atoms with Crippen molar-refractivity contribution in [2.24, 2.45) is 0 Å². The second-order valence-electron chi connectivity index (χ2n) is 3.27. The van der Waals surface area contributed by atoms with E-state index in [1.54, 1.807) is 0 Å². The summed E-state index contributed by atoms with van der Waals surface area (Å²) < 4.78 is 0. The fourth-order valence-corrected chi connectivity index (χ4v) is 1.68. The van der Waals surface area contributed by atoms with Crippen LogP contribution in [0.3, 0.4) is 0 Å². The minimum Gasteiger partial charge on any atom is -0.779 e. The molecule has 2 rings (SSSR count). The molecule has 2 aromatic rings. The average Bonchev–Trinajstić information content (AvgIpc) is 2.23. The number of benzene rings is 2. The average molecular weight is 222 g/mol. The van der Waals surface area contributed by atoms with Crippen molar-refractivity contribution in [2.45, 2.75) is 11.3 Å². The second kappa shape index (κ2) is 6.29. The van der Waals surface area contributed by atoms with Crippen LogP contribution >= 0.6 is 0 Å². The van der Waals surface area contributed by atoms with Crippen LogP contribution in [0.1, 0.15) is 11.1 Å². The molecule has 0 fully saturated rings. The van der Waals surface area contributed by atoms with Gasteiger partial charge in [-0.25, -0.2) is 0 Å². The first-order valence-electron chi connectivity index (χ1n) is 4.65. The van der Waals surface area contributed by atoms with Gasteiger partial charge in [-0.2, -0.15) is 4.90 Å². The van der Waals surface area contributed by atoms with Crippen LogP contribution in [0, 0.1) is 0 Å². The Bertz CT molecular complexity index is 412. The maximum absolute atomic E-state index is 5.25. The largest absolute Gasteiger partial charge is 1.00 e. The van der Waals surface area contributed by atoms with Gasteiger partial charge < -0.3 is 12.6 Å². The molecular formula is C13H11NaS. The van der Waals surface area contributed by atoms with E-state index in [0.717, 1.165) is 11.3 Å². The monoisotopic (exact) mass is 222 g/mol. The molecule has 70 valence electrons. The molecule has 0 aliphatic heterocycles. The molecular weight excluding hydrogens is 211 g/mol. The summed E-state index contributed by atoms with van der Waals surface area (Å²) in [5.41, 5.74) is 2.54. The summed E-state index contributed by atoms with van der Waals surface area (Å²) in [6, 6.07) is 18.5. The van der Waals surface area contributed by atoms with E-state index >= 15 is 0 Å². The van der Waals surface area contributed by atoms with Crippen molar-refractivity contribution in [1.82, 2.24) is 0 Å². The molecule has 0 saturated carbocycles. The van der Waals surface area contributed by atoms with Crippen LogP contribution in [0.2, 0.25) is 0 Å². The van der Waals surface area contributed by atoms with Gasteiger partial charge in [0.15, 0.2) is 0 Å². The molecule has 0 saturated heterocycles. The van der Waals surface area contributed by atoms with Gasteiger partial charge >= 0.3 is 29.6 Å². The van der Waals surface area contributed by atoms with Crippen molar-refractivity contribution in [3.63, 3.8) is 0 Å². The molecule has 0 unspecified atom stereocenters. The third kappa shape index (κ3) is 3.62. The summed E-state index contributed by atoms with van der Waals surface area (Å²) in [7, 11) is 0. The zero-order valence-electron chi connectivity index (χ0n) is 8.81. The van der Waals surface area contributed by atoms with Gasteiger partial charge in [-0.15, -0.1) is 0 Å². The summed E-state index contributed by atoms with van der Waals surface area (Å²) in [6.07, 6.45) is 0.931. The van der Waals surface area contributed by atoms with Gasteiger partial charge in [0, 0.05) is 0 Å². The first kappa shape index (κ1) is 12.7. The summed E-state index contributed by atoms with van der Waals surface area (Å²) in [6.45, 7) is 0. The van der Waals surface area contributed by atoms with E-state index in [1.165, 1.54) is 11.1 Å². The van der Waals surface area contributed by atoms with Crippen LogP contribution in [0.5, 0.6) is 0 Å². The van der Waals surface area contributed by atoms with Crippen LogP contribution in [-0.4, -0.2) is 0 Å². The van der Waals surface area contributed by atoms with Gasteiger partial charge in [0.2, 0.25) is 0 Å². The van der Waals surface area contributed by atoms with Gasteiger partial charge in [-0.3, -0.25) is 0 Å². The normalized spacial score (nSPS) is 9.33. The molecule has 0 aliphatic rings. The van der Waals surface area contributed by atoms with Gasteiger partial charge in [0.1, 0.15) is 0 Å². The summed E-state index contributed by atoms with van der Waals surface area (Å²) in [5, 5.41) is 0. The van der Waals surface area contributed by atoms with E-state index < -0.39 is 0 Å². The van der Waals surface area contributed by atoms with Crippen LogP contribution in [0.25, 0.3) is 0 Å². The smallest absolute Gasteiger partial charge is 0.779 e. The maximum atomic E-state index is 5.25. The second-order valence-corrected chi connectivity index (χ2v) is 3.71. The van der Waals surface area contributed by atoms with Crippen molar-refractivity contribution in [3.05, 3.63) is 65.7 Å². The van der Waals surface area contributed by atoms with Crippen LogP contribution < -0.4 is 29.6 Å². The van der Waals surface area contributed by atoms with Crippen molar-refractivity contribution in [3.8, 4) is 0 Å². The fourth-order valence-electron chi connectivity index (χ4n) is 1.47. The molecule has 0 nitrogen and oxygen atoms in total. The Balaban J connectivity index is 0.00000112. The predicted molar refractivity (Wildman–Crippen MR) is 61.3 cm³/mol. The molecule has 0 aromatic heterocycles. The zero-order valence-corrected chi connectivity index (χ0v) is 11.6. The van der Waals surface area contributed by atoms with Gasteiger partial charge in [-0.05, 0) is 12.0 Å². The maximum Gasteiger partial charge on any atom is 1.00 e. The third-order valence-corrected chi connectivity index (χ3v) is 2.61. The first-order chi connectivity index (χ1) is 6.86. The van der Waals surface area contributed by atoms with Crippen LogP contribution in [0.15, 0.2) is 59.5 Å². The molecule has 0 radical (unpaired) electrons. The topological polar surface area (TPSA) is 0 Å². The Morgan fingerprint density at radius 2 is 1.40 bits per heavy atom. The number of hydrogen-bond donors (Lipinski definition) is 0. The molecule has 0 aliphatic carbocycles. The van der Waals surface area contributed by atoms with Crippen molar-refractivity contribution in [1.29, 1.82) is 0 Å². The molecule has 0 N–H and O–H groups in total. The first-order valence-corrected chi connectivity index (χ1v) is 5.06. The molecule has 2 aromatic carbocycles. The van der Waals surface area contributed by atoms with Gasteiger partial charge in [0.25, 0.3) is 0 Å². The molecule has 0 heterocycles. The fraction of sp³-hybridized carbons (Fsp3) is 0.0769. The SMILES string of the molecule is [Na+].[S-]c1ccccc1Cc1ccccc1. The standard InChI is InChI=1S/C13H12S.Na/c14-13-9-5-4-8-12(13)10-11-6-2-1-3-7-11;/h1-9,14H,10H2;/q;+1/p-1. The molecule has 2 heteroatoms. The minimum atomic E-state index is 0. The van der Waals surface area contributed by atoms with Gasteiger partial charge in [0.05, 0.1) is 0 Å². The Kier molecular flexibility index (Phi) is 5.34. The Hall–Kier alpha value is -0.340. The predicted octanol–water partition coefficient (Wildman–Crippen LogP) is 0.187. The van der Waals surface area contributed by atoms with E-state index in [2.05, 4.69) is 30.3 Å². The minimum absolute atomic E-state index is 0. The van der Waals surface area contributed by atoms with Gasteiger partial charge in [-0.1, -0.05) is 60.2 Å². The van der Waals surface area contributed by atoms with Crippen LogP contribution in [0.4, 0.5) is 0 Å². The molecule has 0 atom stereocenters. The van der Waals surface area contributed by atoms with E-state index in [0.29, 0.717) is 0 Å². The Morgan fingerprint density at radius 1 is 0.800 bits per heavy atom. The summed E-state index contributed by atoms with van der Waals surface area (Å²) >= 11 is 5.25. The Labute approximate surface area is 118 Å². The van der Waals surface area contributed by atoms with Crippen LogP contribution in [-0.2, 0) is 19.0 Å². The van der Waals surface area contributed by atoms with Crippen molar-refractivity contribution >= 4 is 12.6 Å². The summed E-state index contributed by atoms with van der Waals surface area (Å²) in [4.78, 5) is 0.955. The Morgan fingerprint density at radius 3 is 2.07 bits per heavy atom. The zero-order chi connectivity index (χ0) is 9.80. The molecule has 0 amide bonds. The van der Waals surface area contributed by atoms with Crippen molar-refractivity contribution in [2.75, 3.05) is 0 Å². The number of rotatable bonds is 2. The van der Waals surface area contributed by atoms with Crippen molar-refractivity contribution < 1.29 is 29.6 Å². The van der Waals surface area contributed by atoms with E-state index in [1.807, 2.05) is 24.3 Å². The molecule has 15 heavy (non-hydrogen) atoms. The third-order valence-electron chi connectivity index (χ3n) is 2.21. The number of hydrogen-bond acceptors (Lipinski definition) is 1. The molecule has 0 spiro atoms. The van der Waals surface area contributed by atoms with E-state index in [4.69, 9.17) is 12.6 Å².